The van der Waals surface area contributed by atoms with E-state index in [9.17, 15) is 4.79 Å². The van der Waals surface area contributed by atoms with Crippen molar-refractivity contribution in [2.24, 2.45) is 0 Å². The van der Waals surface area contributed by atoms with Crippen molar-refractivity contribution in [1.29, 1.82) is 0 Å². The number of halogens is 2. The van der Waals surface area contributed by atoms with Crippen LogP contribution in [-0.4, -0.2) is 40.4 Å². The van der Waals surface area contributed by atoms with Crippen LogP contribution >= 0.6 is 23.2 Å². The van der Waals surface area contributed by atoms with Crippen LogP contribution in [0.3, 0.4) is 0 Å². The fourth-order valence-electron chi connectivity index (χ4n) is 4.25. The van der Waals surface area contributed by atoms with Gasteiger partial charge in [-0.15, -0.1) is 0 Å². The number of amides is 1. The Bertz CT molecular complexity index is 1140. The van der Waals surface area contributed by atoms with Gasteiger partial charge < -0.3 is 19.5 Å². The Morgan fingerprint density at radius 1 is 1.18 bits per heavy atom. The summed E-state index contributed by atoms with van der Waals surface area (Å²) in [5, 5.41) is 4.20. The van der Waals surface area contributed by atoms with E-state index in [1.807, 2.05) is 51.1 Å². The predicted molar refractivity (Wildman–Crippen MR) is 135 cm³/mol. The second-order valence-electron chi connectivity index (χ2n) is 9.45. The smallest absolute Gasteiger partial charge is 0.407 e. The molecule has 0 aliphatic carbocycles. The molecule has 1 aromatic heterocycles. The number of alkyl carbamates (subject to hydrolysis) is 1. The van der Waals surface area contributed by atoms with Gasteiger partial charge in [0.15, 0.2) is 0 Å². The number of nitrogens with one attached hydrogen (secondary N) is 1. The Labute approximate surface area is 204 Å². The highest BCUT2D eigenvalue weighted by Gasteiger charge is 2.28. The highest BCUT2D eigenvalue weighted by molar-refractivity contribution is 6.35. The number of carbonyl (C=O) groups is 1. The maximum absolute atomic E-state index is 12.3. The summed E-state index contributed by atoms with van der Waals surface area (Å²) in [6, 6.07) is 13.8. The lowest BCUT2D eigenvalue weighted by Crippen LogP contribution is -2.48. The van der Waals surface area contributed by atoms with Crippen LogP contribution in [0.25, 0.3) is 11.0 Å². The number of aromatic nitrogens is 2. The fraction of sp³-hybridized carbons (Fsp3) is 0.440. The lowest BCUT2D eigenvalue weighted by Gasteiger charge is -2.37. The van der Waals surface area contributed by atoms with E-state index in [1.165, 1.54) is 0 Å². The van der Waals surface area contributed by atoms with Gasteiger partial charge in [-0.1, -0.05) is 41.4 Å². The molecule has 0 unspecified atom stereocenters. The highest BCUT2D eigenvalue weighted by atomic mass is 35.5. The van der Waals surface area contributed by atoms with Crippen LogP contribution in [0.4, 0.5) is 10.7 Å². The molecule has 1 fully saturated rings. The minimum Gasteiger partial charge on any atom is -0.444 e. The summed E-state index contributed by atoms with van der Waals surface area (Å²) >= 11 is 12.6. The van der Waals surface area contributed by atoms with E-state index in [0.717, 1.165) is 48.4 Å². The molecule has 1 aliphatic rings. The first kappa shape index (κ1) is 23.7. The summed E-state index contributed by atoms with van der Waals surface area (Å²) in [7, 11) is 0. The molecular weight excluding hydrogens is 459 g/mol. The maximum atomic E-state index is 12.3. The first-order valence-electron chi connectivity index (χ1n) is 11.3. The molecule has 2 heterocycles. The van der Waals surface area contributed by atoms with Crippen LogP contribution in [0.15, 0.2) is 42.5 Å². The molecule has 1 saturated heterocycles. The third kappa shape index (κ3) is 5.74. The molecule has 1 amide bonds. The zero-order valence-corrected chi connectivity index (χ0v) is 20.8. The summed E-state index contributed by atoms with van der Waals surface area (Å²) in [5.41, 5.74) is 2.43. The summed E-state index contributed by atoms with van der Waals surface area (Å²) in [6.07, 6.45) is 2.77. The van der Waals surface area contributed by atoms with Crippen LogP contribution in [-0.2, 0) is 11.3 Å². The molecule has 1 atom stereocenters. The second-order valence-corrected chi connectivity index (χ2v) is 10.3. The number of hydrogen-bond donors (Lipinski definition) is 1. The second kappa shape index (κ2) is 9.82. The normalized spacial score (nSPS) is 16.8. The zero-order chi connectivity index (χ0) is 23.6. The molecule has 4 rings (SSSR count). The van der Waals surface area contributed by atoms with Gasteiger partial charge in [-0.3, -0.25) is 0 Å². The average molecular weight is 489 g/mol. The summed E-state index contributed by atoms with van der Waals surface area (Å²) in [6.45, 7) is 7.55. The number of fused-ring (bicyclic) bond motifs is 1. The Morgan fingerprint density at radius 3 is 2.73 bits per heavy atom. The molecule has 0 bridgehead atoms. The molecule has 1 N–H and O–H groups in total. The predicted octanol–water partition coefficient (Wildman–Crippen LogP) is 6.28. The van der Waals surface area contributed by atoms with Gasteiger partial charge in [0.25, 0.3) is 0 Å². The van der Waals surface area contributed by atoms with Crippen molar-refractivity contribution < 1.29 is 9.53 Å². The van der Waals surface area contributed by atoms with Crippen LogP contribution in [0.2, 0.25) is 10.0 Å². The van der Waals surface area contributed by atoms with Gasteiger partial charge in [-0.05, 0) is 69.9 Å². The third-order valence-electron chi connectivity index (χ3n) is 5.74. The average Bonchev–Trinajstić information content (AvgIpc) is 3.11. The van der Waals surface area contributed by atoms with Crippen molar-refractivity contribution in [3.05, 3.63) is 58.1 Å². The van der Waals surface area contributed by atoms with E-state index in [2.05, 4.69) is 20.9 Å². The van der Waals surface area contributed by atoms with Gasteiger partial charge >= 0.3 is 6.09 Å². The standard InChI is InChI=1S/C25H30Cl2N4O2/c1-25(2,3)33-24(32)28-15-19-8-6-7-13-30(19)23-29-21-9-4-5-10-22(21)31(23)16-17-11-12-18(26)14-20(17)27/h4-5,9-12,14,19H,6-8,13,15-16H2,1-3H3,(H,28,32)/t19-/m0/s1. The molecule has 3 aromatic rings. The molecule has 176 valence electrons. The van der Waals surface area contributed by atoms with Gasteiger partial charge in [0.2, 0.25) is 5.95 Å². The monoisotopic (exact) mass is 488 g/mol. The van der Waals surface area contributed by atoms with Gasteiger partial charge in [-0.25, -0.2) is 9.78 Å². The molecule has 0 spiro atoms. The Morgan fingerprint density at radius 2 is 1.97 bits per heavy atom. The molecule has 0 radical (unpaired) electrons. The Hall–Kier alpha value is -2.44. The van der Waals surface area contributed by atoms with Crippen LogP contribution in [0.5, 0.6) is 0 Å². The summed E-state index contributed by atoms with van der Waals surface area (Å²) in [5.74, 6) is 0.887. The molecule has 0 saturated carbocycles. The zero-order valence-electron chi connectivity index (χ0n) is 19.3. The number of ether oxygens (including phenoxy) is 1. The van der Waals surface area contributed by atoms with Crippen molar-refractivity contribution in [3.63, 3.8) is 0 Å². The van der Waals surface area contributed by atoms with Crippen LogP contribution in [0, 0.1) is 0 Å². The molecule has 6 nitrogen and oxygen atoms in total. The van der Waals surface area contributed by atoms with Gasteiger partial charge in [0.05, 0.1) is 17.6 Å². The SMILES string of the molecule is CC(C)(C)OC(=O)NC[C@@H]1CCCCN1c1nc2ccccc2n1Cc1ccc(Cl)cc1Cl. The van der Waals surface area contributed by atoms with Crippen molar-refractivity contribution in [2.45, 2.75) is 58.2 Å². The first-order chi connectivity index (χ1) is 15.7. The van der Waals surface area contributed by atoms with E-state index in [4.69, 9.17) is 32.9 Å². The molecule has 8 heteroatoms. The Kier molecular flexibility index (Phi) is 7.05. The topological polar surface area (TPSA) is 59.4 Å². The molecule has 2 aromatic carbocycles. The number of hydrogen-bond acceptors (Lipinski definition) is 4. The van der Waals surface area contributed by atoms with Crippen molar-refractivity contribution >= 4 is 46.3 Å². The number of nitrogens with zero attached hydrogens (tertiary/aromatic N) is 3. The molecule has 33 heavy (non-hydrogen) atoms. The lowest BCUT2D eigenvalue weighted by atomic mass is 10.0. The Balaban J connectivity index is 1.64. The molecular formula is C25H30Cl2N4O2. The van der Waals surface area contributed by atoms with Crippen LogP contribution < -0.4 is 10.2 Å². The third-order valence-corrected chi connectivity index (χ3v) is 6.33. The van der Waals surface area contributed by atoms with Crippen molar-refractivity contribution in [2.75, 3.05) is 18.0 Å². The van der Waals surface area contributed by atoms with E-state index in [-0.39, 0.29) is 6.04 Å². The fourth-order valence-corrected chi connectivity index (χ4v) is 4.72. The first-order valence-corrected chi connectivity index (χ1v) is 12.1. The van der Waals surface area contributed by atoms with Gasteiger partial charge in [0.1, 0.15) is 5.60 Å². The summed E-state index contributed by atoms with van der Waals surface area (Å²) < 4.78 is 7.63. The van der Waals surface area contributed by atoms with Crippen LogP contribution in [0.1, 0.15) is 45.6 Å². The largest absolute Gasteiger partial charge is 0.444 e. The van der Waals surface area contributed by atoms with E-state index < -0.39 is 11.7 Å². The van der Waals surface area contributed by atoms with Gasteiger partial charge in [-0.2, -0.15) is 0 Å². The highest BCUT2D eigenvalue weighted by Crippen LogP contribution is 2.31. The number of benzene rings is 2. The van der Waals surface area contributed by atoms with Crippen molar-refractivity contribution in [1.82, 2.24) is 14.9 Å². The minimum atomic E-state index is -0.526. The van der Waals surface area contributed by atoms with Crippen molar-refractivity contribution in [3.8, 4) is 0 Å². The van der Waals surface area contributed by atoms with E-state index in [1.54, 1.807) is 6.07 Å². The number of carbonyl (C=O) groups excluding carboxylic acids is 1. The minimum absolute atomic E-state index is 0.127. The van der Waals surface area contributed by atoms with E-state index >= 15 is 0 Å². The quantitative estimate of drug-likeness (QED) is 0.459. The maximum Gasteiger partial charge on any atom is 0.407 e. The lowest BCUT2D eigenvalue weighted by molar-refractivity contribution is 0.0522. The van der Waals surface area contributed by atoms with Gasteiger partial charge in [0, 0.05) is 29.2 Å². The number of anilines is 1. The summed E-state index contributed by atoms with van der Waals surface area (Å²) in [4.78, 5) is 19.6. The number of rotatable bonds is 5. The number of imidazole rings is 1. The number of piperidine rings is 1. The van der Waals surface area contributed by atoms with E-state index in [0.29, 0.717) is 23.1 Å². The molecule has 1 aliphatic heterocycles. The number of para-hydroxylation sites is 2.